The fourth-order valence-corrected chi connectivity index (χ4v) is 4.48. The van der Waals surface area contributed by atoms with Crippen molar-refractivity contribution in [3.05, 3.63) is 11.8 Å². The van der Waals surface area contributed by atoms with E-state index in [1.807, 2.05) is 6.07 Å². The second kappa shape index (κ2) is 7.28. The molecule has 0 atom stereocenters. The molecule has 26 heavy (non-hydrogen) atoms. The quantitative estimate of drug-likeness (QED) is 0.584. The Morgan fingerprint density at radius 1 is 1.15 bits per heavy atom. The van der Waals surface area contributed by atoms with Crippen LogP contribution in [0.5, 0.6) is 0 Å². The maximum atomic E-state index is 12.8. The number of nitriles is 1. The van der Waals surface area contributed by atoms with Crippen LogP contribution in [-0.2, 0) is 9.59 Å². The molecule has 2 fully saturated rings. The lowest BCUT2D eigenvalue weighted by atomic mass is 9.77. The van der Waals surface area contributed by atoms with E-state index in [0.717, 1.165) is 12.8 Å². The predicted molar refractivity (Wildman–Crippen MR) is 97.8 cm³/mol. The largest absolute Gasteiger partial charge is 0.481 e. The molecule has 0 aromatic rings. The number of nitrogens with two attached hydrogens (primary N) is 1. The Labute approximate surface area is 155 Å². The topological polar surface area (TPSA) is 111 Å². The van der Waals surface area contributed by atoms with Crippen LogP contribution >= 0.6 is 0 Å². The normalized spacial score (nSPS) is 24.2. The molecule has 2 rings (SSSR count). The number of nitrogens with zero attached hydrogens (tertiary/aromatic N) is 3. The van der Waals surface area contributed by atoms with Crippen LogP contribution in [0.25, 0.3) is 0 Å². The first-order valence-corrected chi connectivity index (χ1v) is 9.17. The van der Waals surface area contributed by atoms with Gasteiger partial charge in [-0.2, -0.15) is 5.26 Å². The van der Waals surface area contributed by atoms with Gasteiger partial charge in [-0.3, -0.25) is 9.59 Å². The zero-order valence-corrected chi connectivity index (χ0v) is 16.2. The Morgan fingerprint density at radius 3 is 2.08 bits per heavy atom. The SMILES string of the molecule is CC1(C)CC(N)CC(C)(C)N1/C=C(/C#N)C(=O)N1CCC(C(=O)O)CC1. The van der Waals surface area contributed by atoms with Gasteiger partial charge >= 0.3 is 5.97 Å². The third-order valence-corrected chi connectivity index (χ3v) is 5.57. The number of aliphatic carboxylic acids is 1. The maximum Gasteiger partial charge on any atom is 0.306 e. The van der Waals surface area contributed by atoms with Crippen molar-refractivity contribution in [2.75, 3.05) is 13.1 Å². The zero-order chi connectivity index (χ0) is 19.7. The van der Waals surface area contributed by atoms with E-state index in [1.54, 1.807) is 11.1 Å². The molecular formula is C19H30N4O3. The smallest absolute Gasteiger partial charge is 0.306 e. The zero-order valence-electron chi connectivity index (χ0n) is 16.2. The lowest BCUT2D eigenvalue weighted by Gasteiger charge is -2.54. The summed E-state index contributed by atoms with van der Waals surface area (Å²) in [5.74, 6) is -1.55. The van der Waals surface area contributed by atoms with E-state index in [9.17, 15) is 14.9 Å². The molecule has 0 bridgehead atoms. The van der Waals surface area contributed by atoms with Crippen LogP contribution in [0, 0.1) is 17.2 Å². The van der Waals surface area contributed by atoms with Gasteiger partial charge in [0, 0.05) is 36.4 Å². The second-order valence-corrected chi connectivity index (χ2v) is 8.72. The lowest BCUT2D eigenvalue weighted by Crippen LogP contribution is -2.61. The number of hydrogen-bond acceptors (Lipinski definition) is 5. The van der Waals surface area contributed by atoms with E-state index < -0.39 is 11.9 Å². The summed E-state index contributed by atoms with van der Waals surface area (Å²) in [7, 11) is 0. The molecule has 2 aliphatic rings. The van der Waals surface area contributed by atoms with Crippen molar-refractivity contribution in [1.29, 1.82) is 5.26 Å². The van der Waals surface area contributed by atoms with Crippen LogP contribution in [0.4, 0.5) is 0 Å². The van der Waals surface area contributed by atoms with E-state index in [-0.39, 0.29) is 28.6 Å². The van der Waals surface area contributed by atoms with Crippen molar-refractivity contribution in [2.24, 2.45) is 11.7 Å². The fraction of sp³-hybridized carbons (Fsp3) is 0.737. The van der Waals surface area contributed by atoms with Gasteiger partial charge in [0.2, 0.25) is 0 Å². The molecule has 0 radical (unpaired) electrons. The first-order valence-electron chi connectivity index (χ1n) is 9.17. The molecule has 0 saturated carbocycles. The standard InChI is InChI=1S/C19H30N4O3/c1-18(2)9-15(21)10-19(3,4)23(18)12-14(11-20)16(24)22-7-5-13(6-8-22)17(25)26/h12-13,15H,5-10,21H2,1-4H3,(H,25,26)/b14-12-. The maximum absolute atomic E-state index is 12.8. The van der Waals surface area contributed by atoms with Crippen LogP contribution in [0.15, 0.2) is 11.8 Å². The summed E-state index contributed by atoms with van der Waals surface area (Å²) in [5, 5.41) is 18.7. The Morgan fingerprint density at radius 2 is 1.65 bits per heavy atom. The lowest BCUT2D eigenvalue weighted by molar-refractivity contribution is -0.145. The summed E-state index contributed by atoms with van der Waals surface area (Å²) in [6.07, 6.45) is 4.09. The minimum Gasteiger partial charge on any atom is -0.481 e. The average Bonchev–Trinajstić information content (AvgIpc) is 2.52. The minimum atomic E-state index is -0.818. The minimum absolute atomic E-state index is 0.0842. The molecule has 2 heterocycles. The average molecular weight is 362 g/mol. The van der Waals surface area contributed by atoms with Gasteiger partial charge in [0.15, 0.2) is 0 Å². The van der Waals surface area contributed by atoms with E-state index in [2.05, 4.69) is 32.6 Å². The number of likely N-dealkylation sites (tertiary alicyclic amines) is 2. The molecule has 0 spiro atoms. The highest BCUT2D eigenvalue weighted by atomic mass is 16.4. The van der Waals surface area contributed by atoms with E-state index in [1.165, 1.54) is 0 Å². The van der Waals surface area contributed by atoms with Gasteiger partial charge in [-0.1, -0.05) is 0 Å². The van der Waals surface area contributed by atoms with Gasteiger partial charge in [0.25, 0.3) is 5.91 Å². The van der Waals surface area contributed by atoms with Gasteiger partial charge in [-0.15, -0.1) is 0 Å². The molecule has 2 saturated heterocycles. The summed E-state index contributed by atoms with van der Waals surface area (Å²) in [6.45, 7) is 9.02. The van der Waals surface area contributed by atoms with Crippen LogP contribution in [0.3, 0.4) is 0 Å². The van der Waals surface area contributed by atoms with Gasteiger partial charge < -0.3 is 20.6 Å². The molecule has 0 unspecified atom stereocenters. The third-order valence-electron chi connectivity index (χ3n) is 5.57. The number of carbonyl (C=O) groups is 2. The molecule has 0 aromatic heterocycles. The summed E-state index contributed by atoms with van der Waals surface area (Å²) < 4.78 is 0. The molecule has 7 nitrogen and oxygen atoms in total. The van der Waals surface area contributed by atoms with E-state index in [0.29, 0.717) is 25.9 Å². The Balaban J connectivity index is 2.20. The number of amides is 1. The number of rotatable bonds is 3. The van der Waals surface area contributed by atoms with Crippen molar-refractivity contribution in [1.82, 2.24) is 9.80 Å². The van der Waals surface area contributed by atoms with Crippen LogP contribution < -0.4 is 5.73 Å². The molecule has 1 amide bonds. The summed E-state index contributed by atoms with van der Waals surface area (Å²) in [5.41, 5.74) is 5.76. The number of carboxylic acid groups (broad SMARTS) is 1. The van der Waals surface area contributed by atoms with Crippen molar-refractivity contribution in [3.8, 4) is 6.07 Å². The highest BCUT2D eigenvalue weighted by Gasteiger charge is 2.43. The van der Waals surface area contributed by atoms with E-state index in [4.69, 9.17) is 10.8 Å². The molecule has 2 aliphatic heterocycles. The Kier molecular flexibility index (Phi) is 5.67. The van der Waals surface area contributed by atoms with Crippen molar-refractivity contribution >= 4 is 11.9 Å². The molecule has 7 heteroatoms. The van der Waals surface area contributed by atoms with Gasteiger partial charge in [-0.25, -0.2) is 0 Å². The van der Waals surface area contributed by atoms with Crippen LogP contribution in [0.1, 0.15) is 53.4 Å². The Hall–Kier alpha value is -2.07. The van der Waals surface area contributed by atoms with Crippen molar-refractivity contribution in [2.45, 2.75) is 70.5 Å². The number of piperidine rings is 2. The highest BCUT2D eigenvalue weighted by Crippen LogP contribution is 2.38. The summed E-state index contributed by atoms with van der Waals surface area (Å²) in [4.78, 5) is 27.5. The molecule has 0 aromatic carbocycles. The summed E-state index contributed by atoms with van der Waals surface area (Å²) in [6, 6.07) is 2.13. The first-order chi connectivity index (χ1) is 12.0. The van der Waals surface area contributed by atoms with Crippen LogP contribution in [0.2, 0.25) is 0 Å². The van der Waals surface area contributed by atoms with Gasteiger partial charge in [-0.05, 0) is 53.4 Å². The van der Waals surface area contributed by atoms with E-state index >= 15 is 0 Å². The monoisotopic (exact) mass is 362 g/mol. The number of carboxylic acids is 1. The molecule has 0 aliphatic carbocycles. The van der Waals surface area contributed by atoms with Crippen molar-refractivity contribution < 1.29 is 14.7 Å². The highest BCUT2D eigenvalue weighted by molar-refractivity contribution is 5.97. The van der Waals surface area contributed by atoms with Crippen molar-refractivity contribution in [3.63, 3.8) is 0 Å². The molecule has 3 N–H and O–H groups in total. The van der Waals surface area contributed by atoms with Gasteiger partial charge in [0.05, 0.1) is 5.92 Å². The van der Waals surface area contributed by atoms with Gasteiger partial charge in [0.1, 0.15) is 11.6 Å². The fourth-order valence-electron chi connectivity index (χ4n) is 4.48. The number of hydrogen-bond donors (Lipinski definition) is 2. The third kappa shape index (κ3) is 4.18. The number of carbonyl (C=O) groups excluding carboxylic acids is 1. The first kappa shape index (κ1) is 20.2. The predicted octanol–water partition coefficient (Wildman–Crippen LogP) is 1.70. The second-order valence-electron chi connectivity index (χ2n) is 8.72. The molecule has 144 valence electrons. The Bertz CT molecular complexity index is 622. The molecular weight excluding hydrogens is 332 g/mol. The van der Waals surface area contributed by atoms with Crippen LogP contribution in [-0.4, -0.2) is 57.0 Å². The summed E-state index contributed by atoms with van der Waals surface area (Å²) >= 11 is 0.